The number of hydrogen-bond acceptors (Lipinski definition) is 5. The Hall–Kier alpha value is -4.51. The molecular formula is C28H26N6O2. The lowest BCUT2D eigenvalue weighted by Gasteiger charge is -2.28. The van der Waals surface area contributed by atoms with E-state index in [-0.39, 0.29) is 17.9 Å². The van der Waals surface area contributed by atoms with Gasteiger partial charge in [0.15, 0.2) is 0 Å². The van der Waals surface area contributed by atoms with Gasteiger partial charge in [-0.3, -0.25) is 14.5 Å². The normalized spacial score (nSPS) is 13.4. The summed E-state index contributed by atoms with van der Waals surface area (Å²) in [4.78, 5) is 32.1. The van der Waals surface area contributed by atoms with E-state index in [1.165, 1.54) is 6.20 Å². The van der Waals surface area contributed by atoms with Crippen molar-refractivity contribution in [3.8, 4) is 17.2 Å². The van der Waals surface area contributed by atoms with Gasteiger partial charge in [0, 0.05) is 41.7 Å². The Morgan fingerprint density at radius 2 is 1.86 bits per heavy atom. The van der Waals surface area contributed by atoms with Crippen molar-refractivity contribution in [3.63, 3.8) is 0 Å². The van der Waals surface area contributed by atoms with Crippen molar-refractivity contribution in [3.05, 3.63) is 83.8 Å². The minimum absolute atomic E-state index is 0.0698. The third-order valence-electron chi connectivity index (χ3n) is 6.60. The summed E-state index contributed by atoms with van der Waals surface area (Å²) in [7, 11) is 0. The third kappa shape index (κ3) is 4.43. The van der Waals surface area contributed by atoms with Gasteiger partial charge in [0.05, 0.1) is 17.3 Å². The Morgan fingerprint density at radius 3 is 2.53 bits per heavy atom. The number of amides is 2. The first-order valence-corrected chi connectivity index (χ1v) is 12.1. The highest BCUT2D eigenvalue weighted by molar-refractivity contribution is 6.07. The highest BCUT2D eigenvalue weighted by Crippen LogP contribution is 2.30. The summed E-state index contributed by atoms with van der Waals surface area (Å²) >= 11 is 0. The zero-order valence-corrected chi connectivity index (χ0v) is 20.0. The molecule has 0 saturated heterocycles. The SMILES string of the molecule is CCNC(=O)c1ccc(-c2cnn3ccc(C(=O)N(c4ccc(C#N)cn4)C4CCCC4)cc23)cc1. The molecule has 2 amide bonds. The summed E-state index contributed by atoms with van der Waals surface area (Å²) in [5, 5.41) is 16.4. The van der Waals surface area contributed by atoms with Crippen LogP contribution < -0.4 is 10.2 Å². The maximum absolute atomic E-state index is 13.8. The van der Waals surface area contributed by atoms with Gasteiger partial charge in [0.2, 0.25) is 0 Å². The highest BCUT2D eigenvalue weighted by atomic mass is 16.2. The van der Waals surface area contributed by atoms with E-state index in [1.807, 2.05) is 25.1 Å². The van der Waals surface area contributed by atoms with Crippen LogP contribution in [-0.2, 0) is 0 Å². The van der Waals surface area contributed by atoms with Gasteiger partial charge < -0.3 is 5.32 Å². The van der Waals surface area contributed by atoms with E-state index in [9.17, 15) is 9.59 Å². The van der Waals surface area contributed by atoms with Crippen LogP contribution in [0.3, 0.4) is 0 Å². The topological polar surface area (TPSA) is 103 Å². The molecule has 1 fully saturated rings. The quantitative estimate of drug-likeness (QED) is 0.436. The Labute approximate surface area is 209 Å². The lowest BCUT2D eigenvalue weighted by atomic mass is 10.0. The average molecular weight is 479 g/mol. The standard InChI is InChI=1S/C28H26N6O2/c1-2-30-27(35)21-10-8-20(9-11-21)24-18-32-33-14-13-22(15-25(24)33)28(36)34(23-5-3-4-6-23)26-12-7-19(16-29)17-31-26/h7-15,17-18,23H,2-6H2,1H3,(H,30,35). The number of nitriles is 1. The number of pyridine rings is 2. The van der Waals surface area contributed by atoms with Gasteiger partial charge in [-0.25, -0.2) is 9.50 Å². The van der Waals surface area contributed by atoms with E-state index < -0.39 is 0 Å². The van der Waals surface area contributed by atoms with Crippen LogP contribution in [0.4, 0.5) is 5.82 Å². The summed E-state index contributed by atoms with van der Waals surface area (Å²) in [6.45, 7) is 2.46. The molecule has 8 nitrogen and oxygen atoms in total. The van der Waals surface area contributed by atoms with Crippen molar-refractivity contribution in [2.24, 2.45) is 0 Å². The van der Waals surface area contributed by atoms with Crippen LogP contribution in [0.2, 0.25) is 0 Å². The molecule has 180 valence electrons. The summed E-state index contributed by atoms with van der Waals surface area (Å²) in [6.07, 6.45) is 9.05. The lowest BCUT2D eigenvalue weighted by Crippen LogP contribution is -2.39. The molecule has 8 heteroatoms. The van der Waals surface area contributed by atoms with Crippen molar-refractivity contribution >= 4 is 23.1 Å². The molecule has 1 aliphatic carbocycles. The number of carbonyl (C=O) groups excluding carboxylic acids is 2. The molecule has 0 bridgehead atoms. The van der Waals surface area contributed by atoms with Crippen LogP contribution in [0.25, 0.3) is 16.6 Å². The van der Waals surface area contributed by atoms with Crippen molar-refractivity contribution in [2.45, 2.75) is 38.6 Å². The molecule has 0 aliphatic heterocycles. The number of nitrogens with zero attached hydrogens (tertiary/aromatic N) is 5. The van der Waals surface area contributed by atoms with Crippen LogP contribution in [0.5, 0.6) is 0 Å². The number of aromatic nitrogens is 3. The molecule has 3 aromatic heterocycles. The molecule has 0 spiro atoms. The summed E-state index contributed by atoms with van der Waals surface area (Å²) in [5.41, 5.74) is 4.17. The van der Waals surface area contributed by atoms with E-state index >= 15 is 0 Å². The van der Waals surface area contributed by atoms with Gasteiger partial charge >= 0.3 is 0 Å². The summed E-state index contributed by atoms with van der Waals surface area (Å²) in [6, 6.07) is 16.6. The first-order valence-electron chi connectivity index (χ1n) is 12.1. The van der Waals surface area contributed by atoms with Gasteiger partial charge in [-0.15, -0.1) is 0 Å². The molecule has 1 aliphatic rings. The second-order valence-electron chi connectivity index (χ2n) is 8.87. The molecule has 1 saturated carbocycles. The van der Waals surface area contributed by atoms with Gasteiger partial charge in [-0.05, 0) is 61.7 Å². The molecule has 5 rings (SSSR count). The van der Waals surface area contributed by atoms with E-state index in [2.05, 4.69) is 21.5 Å². The second kappa shape index (κ2) is 10.0. The lowest BCUT2D eigenvalue weighted by molar-refractivity contribution is 0.0953. The molecule has 0 atom stereocenters. The van der Waals surface area contributed by atoms with Crippen molar-refractivity contribution < 1.29 is 9.59 Å². The molecule has 0 radical (unpaired) electrons. The van der Waals surface area contributed by atoms with E-state index in [0.717, 1.165) is 42.3 Å². The van der Waals surface area contributed by atoms with Crippen LogP contribution in [-0.4, -0.2) is 39.0 Å². The van der Waals surface area contributed by atoms with Gasteiger partial charge in [-0.2, -0.15) is 10.4 Å². The molecule has 0 unspecified atom stereocenters. The Bertz CT molecular complexity index is 1440. The monoisotopic (exact) mass is 478 g/mol. The molecular weight excluding hydrogens is 452 g/mol. The minimum atomic E-state index is -0.125. The number of benzene rings is 1. The second-order valence-corrected chi connectivity index (χ2v) is 8.87. The number of nitrogens with one attached hydrogen (secondary N) is 1. The number of anilines is 1. The van der Waals surface area contributed by atoms with Crippen LogP contribution in [0, 0.1) is 11.3 Å². The summed E-state index contributed by atoms with van der Waals surface area (Å²) in [5.74, 6) is 0.320. The molecule has 1 aromatic carbocycles. The van der Waals surface area contributed by atoms with Crippen LogP contribution in [0.1, 0.15) is 58.9 Å². The number of fused-ring (bicyclic) bond motifs is 1. The number of carbonyl (C=O) groups is 2. The fraction of sp³-hybridized carbons (Fsp3) is 0.250. The van der Waals surface area contributed by atoms with Crippen molar-refractivity contribution in [1.82, 2.24) is 19.9 Å². The Morgan fingerprint density at radius 1 is 1.08 bits per heavy atom. The highest BCUT2D eigenvalue weighted by Gasteiger charge is 2.30. The largest absolute Gasteiger partial charge is 0.352 e. The fourth-order valence-electron chi connectivity index (χ4n) is 4.75. The van der Waals surface area contributed by atoms with E-state index in [4.69, 9.17) is 5.26 Å². The average Bonchev–Trinajstić information content (AvgIpc) is 3.59. The van der Waals surface area contributed by atoms with Gasteiger partial charge in [-0.1, -0.05) is 25.0 Å². The first-order chi connectivity index (χ1) is 17.6. The third-order valence-corrected chi connectivity index (χ3v) is 6.60. The van der Waals surface area contributed by atoms with Crippen molar-refractivity contribution in [1.29, 1.82) is 5.26 Å². The maximum atomic E-state index is 13.8. The predicted octanol–water partition coefficient (Wildman–Crippen LogP) is 4.61. The number of rotatable bonds is 6. The van der Waals surface area contributed by atoms with Crippen molar-refractivity contribution in [2.75, 3.05) is 11.4 Å². The maximum Gasteiger partial charge on any atom is 0.259 e. The Kier molecular flexibility index (Phi) is 6.46. The smallest absolute Gasteiger partial charge is 0.259 e. The van der Waals surface area contributed by atoms with Gasteiger partial charge in [0.25, 0.3) is 11.8 Å². The van der Waals surface area contributed by atoms with Crippen LogP contribution >= 0.6 is 0 Å². The predicted molar refractivity (Wildman–Crippen MR) is 137 cm³/mol. The Balaban J connectivity index is 1.50. The van der Waals surface area contributed by atoms with E-state index in [1.54, 1.807) is 52.1 Å². The van der Waals surface area contributed by atoms with Gasteiger partial charge in [0.1, 0.15) is 11.9 Å². The molecule has 36 heavy (non-hydrogen) atoms. The van der Waals surface area contributed by atoms with E-state index in [0.29, 0.717) is 29.1 Å². The molecule has 4 aromatic rings. The summed E-state index contributed by atoms with van der Waals surface area (Å²) < 4.78 is 1.74. The zero-order chi connectivity index (χ0) is 25.1. The number of hydrogen-bond donors (Lipinski definition) is 1. The first kappa shape index (κ1) is 23.2. The minimum Gasteiger partial charge on any atom is -0.352 e. The molecule has 3 heterocycles. The van der Waals surface area contributed by atoms with Crippen LogP contribution in [0.15, 0.2) is 67.1 Å². The fourth-order valence-corrected chi connectivity index (χ4v) is 4.75. The zero-order valence-electron chi connectivity index (χ0n) is 20.0. The molecule has 1 N–H and O–H groups in total.